The van der Waals surface area contributed by atoms with E-state index in [0.717, 1.165) is 10.5 Å². The van der Waals surface area contributed by atoms with Crippen molar-refractivity contribution in [1.82, 2.24) is 0 Å². The van der Waals surface area contributed by atoms with Gasteiger partial charge in [0.15, 0.2) is 11.5 Å². The molecule has 1 aromatic rings. The molecule has 0 radical (unpaired) electrons. The van der Waals surface area contributed by atoms with Crippen molar-refractivity contribution in [3.05, 3.63) is 40.9 Å². The number of aliphatic carboxylic acids is 1. The van der Waals surface area contributed by atoms with E-state index in [1.807, 2.05) is 0 Å². The number of carboxylic acids is 1. The van der Waals surface area contributed by atoms with E-state index in [1.165, 1.54) is 13.2 Å². The number of hydrogen-bond donors (Lipinski definition) is 1. The third-order valence-electron chi connectivity index (χ3n) is 2.05. The van der Waals surface area contributed by atoms with Gasteiger partial charge in [-0.25, -0.2) is 4.79 Å². The van der Waals surface area contributed by atoms with E-state index in [-0.39, 0.29) is 0 Å². The molecule has 0 saturated carbocycles. The lowest BCUT2D eigenvalue weighted by Gasteiger charge is -2.11. The Morgan fingerprint density at radius 2 is 2.22 bits per heavy atom. The van der Waals surface area contributed by atoms with Crippen molar-refractivity contribution >= 4 is 28.0 Å². The Morgan fingerprint density at radius 3 is 2.78 bits per heavy atom. The zero-order valence-electron chi connectivity index (χ0n) is 9.85. The van der Waals surface area contributed by atoms with Gasteiger partial charge in [-0.05, 0) is 23.8 Å². The first-order chi connectivity index (χ1) is 8.58. The van der Waals surface area contributed by atoms with Crippen LogP contribution in [0.4, 0.5) is 0 Å². The van der Waals surface area contributed by atoms with Gasteiger partial charge in [-0.15, -0.1) is 0 Å². The van der Waals surface area contributed by atoms with Crippen molar-refractivity contribution in [2.45, 2.75) is 0 Å². The Morgan fingerprint density at radius 1 is 1.50 bits per heavy atom. The van der Waals surface area contributed by atoms with Crippen molar-refractivity contribution in [3.8, 4) is 11.5 Å². The highest BCUT2D eigenvalue weighted by atomic mass is 79.9. The van der Waals surface area contributed by atoms with Gasteiger partial charge in [0.2, 0.25) is 0 Å². The van der Waals surface area contributed by atoms with E-state index in [4.69, 9.17) is 14.6 Å². The highest BCUT2D eigenvalue weighted by Crippen LogP contribution is 2.34. The molecule has 0 aromatic heterocycles. The second kappa shape index (κ2) is 6.86. The minimum absolute atomic E-state index is 0.368. The van der Waals surface area contributed by atoms with Crippen molar-refractivity contribution in [1.29, 1.82) is 0 Å². The molecule has 0 saturated heterocycles. The van der Waals surface area contributed by atoms with Crippen LogP contribution in [0.25, 0.3) is 6.08 Å². The van der Waals surface area contributed by atoms with Crippen LogP contribution in [0, 0.1) is 0 Å². The summed E-state index contributed by atoms with van der Waals surface area (Å²) in [6.45, 7) is 3.93. The summed E-state index contributed by atoms with van der Waals surface area (Å²) >= 11 is 3.35. The summed E-state index contributed by atoms with van der Waals surface area (Å²) < 4.78 is 11.3. The highest BCUT2D eigenvalue weighted by Gasteiger charge is 2.08. The summed E-state index contributed by atoms with van der Waals surface area (Å²) in [6, 6.07) is 3.42. The van der Waals surface area contributed by atoms with Crippen LogP contribution >= 0.6 is 15.9 Å². The van der Waals surface area contributed by atoms with E-state index in [9.17, 15) is 4.79 Å². The first-order valence-corrected chi connectivity index (χ1v) is 5.90. The van der Waals surface area contributed by atoms with Crippen LogP contribution in [0.5, 0.6) is 11.5 Å². The fourth-order valence-corrected chi connectivity index (χ4v) is 1.72. The van der Waals surface area contributed by atoms with Gasteiger partial charge < -0.3 is 14.6 Å². The molecule has 0 atom stereocenters. The SMILES string of the molecule is C=CCOc1cc(Br)c(/C=C/C(=O)O)cc1OC. The van der Waals surface area contributed by atoms with Gasteiger partial charge in [0.1, 0.15) is 6.61 Å². The maximum absolute atomic E-state index is 10.5. The van der Waals surface area contributed by atoms with Crippen LogP contribution in [0.3, 0.4) is 0 Å². The molecule has 4 nitrogen and oxygen atoms in total. The Labute approximate surface area is 114 Å². The van der Waals surface area contributed by atoms with E-state index >= 15 is 0 Å². The van der Waals surface area contributed by atoms with Crippen molar-refractivity contribution in [2.75, 3.05) is 13.7 Å². The molecule has 0 aliphatic rings. The maximum Gasteiger partial charge on any atom is 0.328 e. The molecule has 18 heavy (non-hydrogen) atoms. The van der Waals surface area contributed by atoms with Gasteiger partial charge in [-0.1, -0.05) is 28.6 Å². The number of carbonyl (C=O) groups is 1. The number of benzene rings is 1. The third kappa shape index (κ3) is 3.92. The van der Waals surface area contributed by atoms with E-state index in [2.05, 4.69) is 22.5 Å². The van der Waals surface area contributed by atoms with Gasteiger partial charge >= 0.3 is 5.97 Å². The summed E-state index contributed by atoms with van der Waals surface area (Å²) in [5, 5.41) is 8.59. The monoisotopic (exact) mass is 312 g/mol. The number of carboxylic acid groups (broad SMARTS) is 1. The summed E-state index contributed by atoms with van der Waals surface area (Å²) in [5.41, 5.74) is 0.695. The third-order valence-corrected chi connectivity index (χ3v) is 2.73. The lowest BCUT2D eigenvalue weighted by molar-refractivity contribution is -0.131. The fourth-order valence-electron chi connectivity index (χ4n) is 1.26. The quantitative estimate of drug-likeness (QED) is 0.647. The van der Waals surface area contributed by atoms with E-state index in [1.54, 1.807) is 18.2 Å². The molecular weight excluding hydrogens is 300 g/mol. The number of ether oxygens (including phenoxy) is 2. The van der Waals surface area contributed by atoms with Gasteiger partial charge in [0.05, 0.1) is 7.11 Å². The summed E-state index contributed by atoms with van der Waals surface area (Å²) in [7, 11) is 1.52. The topological polar surface area (TPSA) is 55.8 Å². The molecule has 1 aromatic carbocycles. The van der Waals surface area contributed by atoms with Gasteiger partial charge in [-0.3, -0.25) is 0 Å². The normalized spacial score (nSPS) is 10.3. The largest absolute Gasteiger partial charge is 0.493 e. The highest BCUT2D eigenvalue weighted by molar-refractivity contribution is 9.10. The van der Waals surface area contributed by atoms with Crippen LogP contribution in [0.2, 0.25) is 0 Å². The molecular formula is C13H13BrO4. The molecule has 0 bridgehead atoms. The molecule has 0 amide bonds. The zero-order valence-corrected chi connectivity index (χ0v) is 11.4. The molecule has 96 valence electrons. The summed E-state index contributed by atoms with van der Waals surface area (Å²) in [5.74, 6) is 0.0923. The molecule has 1 rings (SSSR count). The standard InChI is InChI=1S/C13H13BrO4/c1-3-6-18-12-8-10(14)9(4-5-13(15)16)7-11(12)17-2/h3-5,7-8H,1,6H2,2H3,(H,15,16)/b5-4+. The number of hydrogen-bond acceptors (Lipinski definition) is 3. The Kier molecular flexibility index (Phi) is 5.45. The van der Waals surface area contributed by atoms with Crippen LogP contribution < -0.4 is 9.47 Å². The number of methoxy groups -OCH3 is 1. The van der Waals surface area contributed by atoms with E-state index in [0.29, 0.717) is 23.7 Å². The molecule has 0 spiro atoms. The predicted molar refractivity (Wildman–Crippen MR) is 73.1 cm³/mol. The van der Waals surface area contributed by atoms with Gasteiger partial charge in [0, 0.05) is 10.5 Å². The van der Waals surface area contributed by atoms with E-state index < -0.39 is 5.97 Å². The smallest absolute Gasteiger partial charge is 0.328 e. The predicted octanol–water partition coefficient (Wildman–Crippen LogP) is 3.12. The number of rotatable bonds is 6. The summed E-state index contributed by atoms with van der Waals surface area (Å²) in [4.78, 5) is 10.5. The van der Waals surface area contributed by atoms with Gasteiger partial charge in [-0.2, -0.15) is 0 Å². The Hall–Kier alpha value is -1.75. The summed E-state index contributed by atoms with van der Waals surface area (Å²) in [6.07, 6.45) is 4.17. The van der Waals surface area contributed by atoms with Crippen LogP contribution in [0.15, 0.2) is 35.3 Å². The Balaban J connectivity index is 3.09. The molecule has 0 heterocycles. The van der Waals surface area contributed by atoms with Crippen LogP contribution in [-0.4, -0.2) is 24.8 Å². The lowest BCUT2D eigenvalue weighted by atomic mass is 10.2. The zero-order chi connectivity index (χ0) is 13.5. The maximum atomic E-state index is 10.5. The van der Waals surface area contributed by atoms with Crippen molar-refractivity contribution in [3.63, 3.8) is 0 Å². The first-order valence-electron chi connectivity index (χ1n) is 5.10. The number of halogens is 1. The van der Waals surface area contributed by atoms with Crippen LogP contribution in [-0.2, 0) is 4.79 Å². The second-order valence-corrected chi connectivity index (χ2v) is 4.15. The Bertz CT molecular complexity index is 480. The average Bonchev–Trinajstić information content (AvgIpc) is 2.34. The lowest BCUT2D eigenvalue weighted by Crippen LogP contribution is -1.97. The molecule has 5 heteroatoms. The second-order valence-electron chi connectivity index (χ2n) is 3.30. The van der Waals surface area contributed by atoms with Crippen molar-refractivity contribution in [2.24, 2.45) is 0 Å². The minimum atomic E-state index is -1.01. The molecule has 0 unspecified atom stereocenters. The molecule has 1 N–H and O–H groups in total. The van der Waals surface area contributed by atoms with Crippen molar-refractivity contribution < 1.29 is 19.4 Å². The molecule has 0 fully saturated rings. The van der Waals surface area contributed by atoms with Crippen LogP contribution in [0.1, 0.15) is 5.56 Å². The average molecular weight is 313 g/mol. The fraction of sp³-hybridized carbons (Fsp3) is 0.154. The minimum Gasteiger partial charge on any atom is -0.493 e. The molecule has 0 aliphatic carbocycles. The van der Waals surface area contributed by atoms with Gasteiger partial charge in [0.25, 0.3) is 0 Å². The first kappa shape index (κ1) is 14.3. The molecule has 0 aliphatic heterocycles.